The third-order valence-corrected chi connectivity index (χ3v) is 3.95. The van der Waals surface area contributed by atoms with E-state index in [9.17, 15) is 4.79 Å². The molecule has 3 rings (SSSR count). The highest BCUT2D eigenvalue weighted by molar-refractivity contribution is 5.77. The van der Waals surface area contributed by atoms with Gasteiger partial charge in [0.25, 0.3) is 5.56 Å². The summed E-state index contributed by atoms with van der Waals surface area (Å²) in [7, 11) is 0. The second-order valence-electron chi connectivity index (χ2n) is 5.77. The van der Waals surface area contributed by atoms with Gasteiger partial charge in [-0.15, -0.1) is 0 Å². The summed E-state index contributed by atoms with van der Waals surface area (Å²) in [6.07, 6.45) is -0.491. The van der Waals surface area contributed by atoms with Crippen molar-refractivity contribution < 1.29 is 9.47 Å². The molecule has 0 aliphatic carbocycles. The summed E-state index contributed by atoms with van der Waals surface area (Å²) < 4.78 is 12.9. The first-order chi connectivity index (χ1) is 12.1. The normalized spacial score (nSPS) is 11.5. The lowest BCUT2D eigenvalue weighted by Gasteiger charge is -2.20. The number of hydrogen-bond acceptors (Lipinski definition) is 4. The van der Waals surface area contributed by atoms with Crippen molar-refractivity contribution in [2.75, 3.05) is 13.2 Å². The molecule has 1 aromatic carbocycles. The minimum absolute atomic E-state index is 0.0994. The Bertz CT molecular complexity index is 893. The monoisotopic (exact) mass is 341 g/mol. The van der Waals surface area contributed by atoms with Gasteiger partial charge < -0.3 is 14.5 Å². The first-order valence-corrected chi connectivity index (χ1v) is 8.52. The maximum absolute atomic E-state index is 13.1. The Labute approximate surface area is 146 Å². The summed E-state index contributed by atoms with van der Waals surface area (Å²) in [4.78, 5) is 20.9. The molecule has 6 heteroatoms. The minimum atomic E-state index is -0.491. The smallest absolute Gasteiger partial charge is 0.263 e. The lowest BCUT2D eigenvalue weighted by Crippen LogP contribution is -2.32. The summed E-state index contributed by atoms with van der Waals surface area (Å²) in [6, 6.07) is 11.5. The number of nitrogens with one attached hydrogen (secondary N) is 1. The molecule has 132 valence electrons. The molecule has 0 atom stereocenters. The lowest BCUT2D eigenvalue weighted by molar-refractivity contribution is -0.143. The molecule has 0 radical (unpaired) electrons. The summed E-state index contributed by atoms with van der Waals surface area (Å²) in [6.45, 7) is 7.04. The maximum atomic E-state index is 13.1. The van der Waals surface area contributed by atoms with E-state index in [1.54, 1.807) is 4.57 Å². The van der Waals surface area contributed by atoms with Crippen molar-refractivity contribution in [2.24, 2.45) is 0 Å². The van der Waals surface area contributed by atoms with Gasteiger partial charge in [-0.3, -0.25) is 9.36 Å². The Morgan fingerprint density at radius 1 is 1.16 bits per heavy atom. The van der Waals surface area contributed by atoms with Gasteiger partial charge in [-0.1, -0.05) is 30.3 Å². The largest absolute Gasteiger partial charge is 0.351 e. The van der Waals surface area contributed by atoms with Crippen LogP contribution < -0.4 is 5.56 Å². The van der Waals surface area contributed by atoms with E-state index >= 15 is 0 Å². The topological polar surface area (TPSA) is 69.1 Å². The molecule has 0 aliphatic rings. The molecule has 0 bridgehead atoms. The van der Waals surface area contributed by atoms with Gasteiger partial charge in [0.1, 0.15) is 11.5 Å². The van der Waals surface area contributed by atoms with Crippen molar-refractivity contribution in [1.82, 2.24) is 14.5 Å². The quantitative estimate of drug-likeness (QED) is 0.671. The number of aromatic amines is 1. The molecule has 0 spiro atoms. The van der Waals surface area contributed by atoms with Crippen LogP contribution in [0.1, 0.15) is 19.5 Å². The fraction of sp³-hybridized carbons (Fsp3) is 0.368. The van der Waals surface area contributed by atoms with Gasteiger partial charge in [-0.05, 0) is 26.8 Å². The van der Waals surface area contributed by atoms with Gasteiger partial charge in [0, 0.05) is 24.5 Å². The molecule has 6 nitrogen and oxygen atoms in total. The standard InChI is InChI=1S/C19H23N3O3/c1-4-24-16(25-5-2)12-22-18(14-9-7-6-8-10-14)21-17-15(19(22)23)11-13(3)20-17/h6-11,16,20H,4-5,12H2,1-3H3. The third kappa shape index (κ3) is 3.65. The Kier molecular flexibility index (Phi) is 5.31. The van der Waals surface area contributed by atoms with Crippen molar-refractivity contribution in [3.8, 4) is 11.4 Å². The number of aryl methyl sites for hydroxylation is 1. The second-order valence-corrected chi connectivity index (χ2v) is 5.77. The molecule has 0 saturated heterocycles. The molecule has 2 aromatic heterocycles. The molecule has 0 aliphatic heterocycles. The van der Waals surface area contributed by atoms with Gasteiger partial charge in [-0.25, -0.2) is 4.98 Å². The van der Waals surface area contributed by atoms with Gasteiger partial charge in [0.2, 0.25) is 0 Å². The van der Waals surface area contributed by atoms with Crippen LogP contribution in [-0.2, 0) is 16.0 Å². The van der Waals surface area contributed by atoms with E-state index in [0.717, 1.165) is 11.3 Å². The number of fused-ring (bicyclic) bond motifs is 1. The van der Waals surface area contributed by atoms with Gasteiger partial charge in [0.15, 0.2) is 6.29 Å². The van der Waals surface area contributed by atoms with E-state index in [2.05, 4.69) is 4.98 Å². The van der Waals surface area contributed by atoms with Crippen molar-refractivity contribution in [2.45, 2.75) is 33.6 Å². The van der Waals surface area contributed by atoms with Crippen molar-refractivity contribution in [3.63, 3.8) is 0 Å². The Balaban J connectivity index is 2.16. The van der Waals surface area contributed by atoms with E-state index in [1.165, 1.54) is 0 Å². The number of benzene rings is 1. The van der Waals surface area contributed by atoms with Crippen LogP contribution in [0.4, 0.5) is 0 Å². The molecule has 0 unspecified atom stereocenters. The molecule has 1 N–H and O–H groups in total. The van der Waals surface area contributed by atoms with Gasteiger partial charge in [0.05, 0.1) is 11.9 Å². The SMILES string of the molecule is CCOC(Cn1c(-c2ccccc2)nc2[nH]c(C)cc2c1=O)OCC. The molecular formula is C19H23N3O3. The average molecular weight is 341 g/mol. The minimum Gasteiger partial charge on any atom is -0.351 e. The molecule has 0 fully saturated rings. The zero-order valence-corrected chi connectivity index (χ0v) is 14.8. The average Bonchev–Trinajstić information content (AvgIpc) is 2.99. The molecule has 25 heavy (non-hydrogen) atoms. The van der Waals surface area contributed by atoms with Crippen LogP contribution in [0, 0.1) is 6.92 Å². The van der Waals surface area contributed by atoms with Crippen LogP contribution >= 0.6 is 0 Å². The van der Waals surface area contributed by atoms with Crippen molar-refractivity contribution in [1.29, 1.82) is 0 Å². The number of hydrogen-bond donors (Lipinski definition) is 1. The van der Waals surface area contributed by atoms with E-state index in [1.807, 2.05) is 57.2 Å². The van der Waals surface area contributed by atoms with Crippen LogP contribution in [0.25, 0.3) is 22.4 Å². The fourth-order valence-corrected chi connectivity index (χ4v) is 2.89. The van der Waals surface area contributed by atoms with Crippen LogP contribution in [0.15, 0.2) is 41.2 Å². The van der Waals surface area contributed by atoms with Crippen LogP contribution in [0.3, 0.4) is 0 Å². The summed E-state index contributed by atoms with van der Waals surface area (Å²) in [5.74, 6) is 0.601. The molecule has 3 aromatic rings. The summed E-state index contributed by atoms with van der Waals surface area (Å²) in [5.41, 5.74) is 2.28. The van der Waals surface area contributed by atoms with E-state index in [0.29, 0.717) is 30.1 Å². The predicted molar refractivity (Wildman–Crippen MR) is 97.6 cm³/mol. The van der Waals surface area contributed by atoms with Crippen molar-refractivity contribution in [3.05, 3.63) is 52.4 Å². The molecule has 0 saturated carbocycles. The highest BCUT2D eigenvalue weighted by atomic mass is 16.7. The second kappa shape index (κ2) is 7.63. The maximum Gasteiger partial charge on any atom is 0.263 e. The van der Waals surface area contributed by atoms with Gasteiger partial charge >= 0.3 is 0 Å². The van der Waals surface area contributed by atoms with Crippen LogP contribution in [0.2, 0.25) is 0 Å². The Morgan fingerprint density at radius 2 is 1.84 bits per heavy atom. The summed E-state index contributed by atoms with van der Waals surface area (Å²) in [5, 5.41) is 0.573. The van der Waals surface area contributed by atoms with Gasteiger partial charge in [-0.2, -0.15) is 0 Å². The zero-order chi connectivity index (χ0) is 17.8. The number of ether oxygens (including phenoxy) is 2. The predicted octanol–water partition coefficient (Wildman–Crippen LogP) is 3.10. The van der Waals surface area contributed by atoms with E-state index in [4.69, 9.17) is 14.5 Å². The number of aromatic nitrogens is 3. The Hall–Kier alpha value is -2.44. The summed E-state index contributed by atoms with van der Waals surface area (Å²) >= 11 is 0. The van der Waals surface area contributed by atoms with Crippen LogP contribution in [0.5, 0.6) is 0 Å². The number of nitrogens with zero attached hydrogens (tertiary/aromatic N) is 2. The first kappa shape index (κ1) is 17.4. The van der Waals surface area contributed by atoms with E-state index in [-0.39, 0.29) is 12.1 Å². The molecule has 2 heterocycles. The zero-order valence-electron chi connectivity index (χ0n) is 14.8. The molecule has 0 amide bonds. The number of H-pyrrole nitrogens is 1. The highest BCUT2D eigenvalue weighted by Gasteiger charge is 2.18. The molecular weight excluding hydrogens is 318 g/mol. The number of rotatable bonds is 7. The third-order valence-electron chi connectivity index (χ3n) is 3.95. The first-order valence-electron chi connectivity index (χ1n) is 8.52. The van der Waals surface area contributed by atoms with Crippen molar-refractivity contribution >= 4 is 11.0 Å². The highest BCUT2D eigenvalue weighted by Crippen LogP contribution is 2.19. The lowest BCUT2D eigenvalue weighted by atomic mass is 10.2. The van der Waals surface area contributed by atoms with Crippen LogP contribution in [-0.4, -0.2) is 34.0 Å². The fourth-order valence-electron chi connectivity index (χ4n) is 2.89. The van der Waals surface area contributed by atoms with E-state index < -0.39 is 6.29 Å². The Morgan fingerprint density at radius 3 is 2.48 bits per heavy atom.